The summed E-state index contributed by atoms with van der Waals surface area (Å²) >= 11 is 0. The normalized spacial score (nSPS) is 22.0. The molecule has 0 saturated carbocycles. The second-order valence-corrected chi connectivity index (χ2v) is 9.47. The van der Waals surface area contributed by atoms with Crippen molar-refractivity contribution in [2.75, 3.05) is 52.4 Å². The van der Waals surface area contributed by atoms with Gasteiger partial charge < -0.3 is 0 Å². The zero-order valence-electron chi connectivity index (χ0n) is 14.7. The smallest absolute Gasteiger partial charge is 0.134 e. The molecule has 0 aromatic heterocycles. The van der Waals surface area contributed by atoms with Gasteiger partial charge in [-0.1, -0.05) is 0 Å². The van der Waals surface area contributed by atoms with E-state index in [2.05, 4.69) is 46.4 Å². The summed E-state index contributed by atoms with van der Waals surface area (Å²) in [5, 5.41) is 0. The monoisotopic (exact) mass is 315 g/mol. The summed E-state index contributed by atoms with van der Waals surface area (Å²) in [6, 6.07) is 0. The third-order valence-corrected chi connectivity index (χ3v) is 10.1. The molecule has 2 aliphatic heterocycles. The Kier molecular flexibility index (Phi) is 6.89. The molecule has 2 heterocycles. The lowest BCUT2D eigenvalue weighted by Gasteiger charge is -2.48. The van der Waals surface area contributed by atoms with Gasteiger partial charge in [-0.3, -0.25) is 0 Å². The van der Waals surface area contributed by atoms with E-state index >= 15 is 0 Å². The van der Waals surface area contributed by atoms with Crippen LogP contribution in [0.15, 0.2) is 0 Å². The molecule has 4 nitrogen and oxygen atoms in total. The maximum atomic E-state index is 2.89. The molecule has 0 radical (unpaired) electrons. The van der Waals surface area contributed by atoms with Gasteiger partial charge in [0.25, 0.3) is 0 Å². The minimum absolute atomic E-state index is 1.17. The highest BCUT2D eigenvalue weighted by atomic mass is 31.2. The van der Waals surface area contributed by atoms with Gasteiger partial charge in [0.15, 0.2) is 0 Å². The first-order valence-corrected chi connectivity index (χ1v) is 10.8. The van der Waals surface area contributed by atoms with Crippen molar-refractivity contribution in [1.82, 2.24) is 18.7 Å². The molecular weight excluding hydrogens is 279 g/mol. The summed E-state index contributed by atoms with van der Waals surface area (Å²) in [5.41, 5.74) is 0. The average molecular weight is 315 g/mol. The van der Waals surface area contributed by atoms with Crippen molar-refractivity contribution >= 4 is 7.87 Å². The second kappa shape index (κ2) is 8.21. The molecular formula is C16H36N4P+. The van der Waals surface area contributed by atoms with E-state index in [1.165, 1.54) is 78.0 Å². The highest BCUT2D eigenvalue weighted by molar-refractivity contribution is 7.66. The molecule has 5 heteroatoms. The molecule has 0 aliphatic carbocycles. The summed E-state index contributed by atoms with van der Waals surface area (Å²) in [6.45, 7) is 19.3. The van der Waals surface area contributed by atoms with E-state index in [0.29, 0.717) is 0 Å². The van der Waals surface area contributed by atoms with E-state index in [1.54, 1.807) is 0 Å². The third-order valence-electron chi connectivity index (χ3n) is 5.14. The van der Waals surface area contributed by atoms with Crippen LogP contribution < -0.4 is 0 Å². The third kappa shape index (κ3) is 3.16. The molecule has 2 saturated heterocycles. The van der Waals surface area contributed by atoms with Gasteiger partial charge >= 0.3 is 7.87 Å². The molecule has 21 heavy (non-hydrogen) atoms. The van der Waals surface area contributed by atoms with Crippen molar-refractivity contribution in [3.05, 3.63) is 0 Å². The SMILES string of the molecule is CCN(CC)[P+](N(CC)CC)(N1CCCC1)N1CCCC1. The summed E-state index contributed by atoms with van der Waals surface area (Å²) in [6.07, 6.45) is 5.55. The maximum absolute atomic E-state index is 2.89. The molecule has 0 unspecified atom stereocenters. The highest BCUT2D eigenvalue weighted by Crippen LogP contribution is 2.71. The van der Waals surface area contributed by atoms with E-state index in [9.17, 15) is 0 Å². The van der Waals surface area contributed by atoms with E-state index in [4.69, 9.17) is 0 Å². The molecule has 0 bridgehead atoms. The van der Waals surface area contributed by atoms with E-state index in [-0.39, 0.29) is 0 Å². The standard InChI is InChI=1S/C16H36N4P/c1-5-17(6-2)21(18(7-3)8-4,19-13-9-10-14-19)20-15-11-12-16-20/h5-16H2,1-4H3/q+1. The summed E-state index contributed by atoms with van der Waals surface area (Å²) in [7, 11) is -1.48. The first-order valence-electron chi connectivity index (χ1n) is 9.16. The molecule has 124 valence electrons. The fraction of sp³-hybridized carbons (Fsp3) is 1.00. The van der Waals surface area contributed by atoms with Crippen LogP contribution in [0, 0.1) is 0 Å². The van der Waals surface area contributed by atoms with Crippen LogP contribution in [0.2, 0.25) is 0 Å². The molecule has 2 aliphatic rings. The molecule has 0 aromatic rings. The predicted octanol–water partition coefficient (Wildman–Crippen LogP) is 3.54. The Hall–Kier alpha value is 0.270. The van der Waals surface area contributed by atoms with Crippen LogP contribution in [-0.2, 0) is 0 Å². The molecule has 0 aromatic carbocycles. The lowest BCUT2D eigenvalue weighted by Crippen LogP contribution is -2.51. The van der Waals surface area contributed by atoms with Crippen molar-refractivity contribution in [3.63, 3.8) is 0 Å². The van der Waals surface area contributed by atoms with Crippen molar-refractivity contribution < 1.29 is 0 Å². The van der Waals surface area contributed by atoms with Crippen molar-refractivity contribution in [2.24, 2.45) is 0 Å². The van der Waals surface area contributed by atoms with Crippen LogP contribution >= 0.6 is 7.87 Å². The van der Waals surface area contributed by atoms with Crippen LogP contribution in [0.3, 0.4) is 0 Å². The van der Waals surface area contributed by atoms with Crippen LogP contribution in [0.4, 0.5) is 0 Å². The Bertz CT molecular complexity index is 255. The topological polar surface area (TPSA) is 13.0 Å². The van der Waals surface area contributed by atoms with E-state index < -0.39 is 7.87 Å². The van der Waals surface area contributed by atoms with Crippen LogP contribution in [0.1, 0.15) is 53.4 Å². The molecule has 0 atom stereocenters. The highest BCUT2D eigenvalue weighted by Gasteiger charge is 2.60. The van der Waals surface area contributed by atoms with Gasteiger partial charge in [0.2, 0.25) is 0 Å². The van der Waals surface area contributed by atoms with Gasteiger partial charge in [0.1, 0.15) is 0 Å². The predicted molar refractivity (Wildman–Crippen MR) is 94.4 cm³/mol. The Morgan fingerprint density at radius 2 is 0.905 bits per heavy atom. The van der Waals surface area contributed by atoms with Crippen LogP contribution in [0.5, 0.6) is 0 Å². The largest absolute Gasteiger partial charge is 0.308 e. The Morgan fingerprint density at radius 3 is 1.14 bits per heavy atom. The lowest BCUT2D eigenvalue weighted by atomic mass is 10.4. The van der Waals surface area contributed by atoms with Gasteiger partial charge in [-0.05, 0) is 53.4 Å². The van der Waals surface area contributed by atoms with Crippen molar-refractivity contribution in [3.8, 4) is 0 Å². The quantitative estimate of drug-likeness (QED) is 0.635. The maximum Gasteiger partial charge on any atom is 0.308 e. The number of hydrogen-bond acceptors (Lipinski definition) is 4. The van der Waals surface area contributed by atoms with Crippen LogP contribution in [-0.4, -0.2) is 71.0 Å². The zero-order chi connectivity index (χ0) is 15.3. The average Bonchev–Trinajstić information content (AvgIpc) is 3.21. The summed E-state index contributed by atoms with van der Waals surface area (Å²) in [4.78, 5) is 0. The molecule has 2 fully saturated rings. The minimum atomic E-state index is -1.48. The molecule has 2 rings (SSSR count). The number of hydrogen-bond donors (Lipinski definition) is 0. The molecule has 0 amide bonds. The summed E-state index contributed by atoms with van der Waals surface area (Å²) < 4.78 is 11.4. The number of nitrogens with zero attached hydrogens (tertiary/aromatic N) is 4. The van der Waals surface area contributed by atoms with Gasteiger partial charge in [-0.25, -0.2) is 0 Å². The minimum Gasteiger partial charge on any atom is -0.134 e. The molecule has 0 spiro atoms. The van der Waals surface area contributed by atoms with Crippen molar-refractivity contribution in [1.29, 1.82) is 0 Å². The Morgan fingerprint density at radius 1 is 0.619 bits per heavy atom. The van der Waals surface area contributed by atoms with Gasteiger partial charge in [-0.15, -0.1) is 18.7 Å². The van der Waals surface area contributed by atoms with Gasteiger partial charge in [0, 0.05) is 52.4 Å². The van der Waals surface area contributed by atoms with Crippen LogP contribution in [0.25, 0.3) is 0 Å². The molecule has 0 N–H and O–H groups in total. The van der Waals surface area contributed by atoms with Gasteiger partial charge in [0.05, 0.1) is 0 Å². The van der Waals surface area contributed by atoms with E-state index in [0.717, 1.165) is 0 Å². The van der Waals surface area contributed by atoms with E-state index in [1.807, 2.05) is 0 Å². The zero-order valence-corrected chi connectivity index (χ0v) is 15.6. The van der Waals surface area contributed by atoms with Crippen molar-refractivity contribution in [2.45, 2.75) is 53.4 Å². The Balaban J connectivity index is 2.44. The lowest BCUT2D eigenvalue weighted by molar-refractivity contribution is 0.280. The second-order valence-electron chi connectivity index (χ2n) is 6.14. The first kappa shape index (κ1) is 17.6. The number of rotatable bonds is 8. The fourth-order valence-electron chi connectivity index (χ4n) is 4.22. The van der Waals surface area contributed by atoms with Gasteiger partial charge in [-0.2, -0.15) is 0 Å². The first-order chi connectivity index (χ1) is 10.2. The fourth-order valence-corrected chi connectivity index (χ4v) is 9.52. The Labute approximate surface area is 133 Å². The summed E-state index contributed by atoms with van der Waals surface area (Å²) in [5.74, 6) is 0.